The van der Waals surface area contributed by atoms with Crippen LogP contribution in [0.25, 0.3) is 0 Å². The maximum atomic E-state index is 13.9. The number of aliphatic hydroxyl groups excluding tert-OH is 1. The van der Waals surface area contributed by atoms with Crippen LogP contribution in [0.5, 0.6) is 0 Å². The molecule has 7 nitrogen and oxygen atoms in total. The standard InChI is InChI=1S/C23H33BrN2O5S/c1-4-7-10-25(9-5-2)21(29)19-23-14-15(24)18(32-23)16(22(30)31-13-6-3)17(23)20(28)26(19)11-8-12-27/h5-6,15-19,27H,2-4,7-14H2,1H3/t15?,16-,17-,18-,19?,23?/m0/s1. The van der Waals surface area contributed by atoms with E-state index in [1.807, 2.05) is 0 Å². The van der Waals surface area contributed by atoms with E-state index >= 15 is 0 Å². The number of halogens is 1. The van der Waals surface area contributed by atoms with Crippen molar-refractivity contribution in [2.45, 2.75) is 53.5 Å². The highest BCUT2D eigenvalue weighted by molar-refractivity contribution is 9.09. The Morgan fingerprint density at radius 1 is 1.38 bits per heavy atom. The van der Waals surface area contributed by atoms with Crippen LogP contribution in [0.2, 0.25) is 0 Å². The number of fused-ring (bicyclic) bond motifs is 1. The van der Waals surface area contributed by atoms with E-state index in [1.54, 1.807) is 27.6 Å². The summed E-state index contributed by atoms with van der Waals surface area (Å²) in [6.45, 7) is 10.8. The Morgan fingerprint density at radius 3 is 2.75 bits per heavy atom. The maximum absolute atomic E-state index is 13.9. The van der Waals surface area contributed by atoms with Crippen LogP contribution < -0.4 is 0 Å². The van der Waals surface area contributed by atoms with Crippen LogP contribution in [0.15, 0.2) is 25.3 Å². The molecule has 3 aliphatic rings. The molecule has 3 aliphatic heterocycles. The molecule has 3 fully saturated rings. The van der Waals surface area contributed by atoms with Crippen LogP contribution in [-0.2, 0) is 19.1 Å². The number of unbranched alkanes of at least 4 members (excludes halogenated alkanes) is 1. The summed E-state index contributed by atoms with van der Waals surface area (Å²) >= 11 is 5.32. The Bertz CT molecular complexity index is 765. The fraction of sp³-hybridized carbons (Fsp3) is 0.696. The molecule has 6 atom stereocenters. The number of carbonyl (C=O) groups excluding carboxylic acids is 3. The fourth-order valence-corrected chi connectivity index (χ4v) is 8.96. The molecule has 3 heterocycles. The molecule has 2 amide bonds. The molecule has 9 heteroatoms. The number of nitrogens with zero attached hydrogens (tertiary/aromatic N) is 2. The first-order chi connectivity index (χ1) is 15.4. The fourth-order valence-electron chi connectivity index (χ4n) is 5.37. The summed E-state index contributed by atoms with van der Waals surface area (Å²) in [6.07, 6.45) is 6.04. The monoisotopic (exact) mass is 528 g/mol. The molecular formula is C23H33BrN2O5S. The Kier molecular flexibility index (Phi) is 8.49. The topological polar surface area (TPSA) is 87.1 Å². The second-order valence-electron chi connectivity index (χ2n) is 8.62. The van der Waals surface area contributed by atoms with Crippen LogP contribution in [0.3, 0.4) is 0 Å². The van der Waals surface area contributed by atoms with Gasteiger partial charge in [-0.2, -0.15) is 0 Å². The molecule has 0 aromatic heterocycles. The minimum atomic E-state index is -0.689. The molecular weight excluding hydrogens is 496 g/mol. The van der Waals surface area contributed by atoms with Crippen molar-refractivity contribution in [1.29, 1.82) is 0 Å². The van der Waals surface area contributed by atoms with Crippen molar-refractivity contribution < 1.29 is 24.2 Å². The molecule has 1 N–H and O–H groups in total. The quantitative estimate of drug-likeness (QED) is 0.237. The molecule has 32 heavy (non-hydrogen) atoms. The summed E-state index contributed by atoms with van der Waals surface area (Å²) in [5.41, 5.74) is 0. The van der Waals surface area contributed by atoms with Gasteiger partial charge in [-0.15, -0.1) is 18.3 Å². The number of ether oxygens (including phenoxy) is 1. The minimum Gasteiger partial charge on any atom is -0.461 e. The Labute approximate surface area is 202 Å². The molecule has 3 saturated heterocycles. The zero-order valence-electron chi connectivity index (χ0n) is 18.6. The third-order valence-corrected chi connectivity index (χ3v) is 9.86. The summed E-state index contributed by atoms with van der Waals surface area (Å²) < 4.78 is 4.68. The van der Waals surface area contributed by atoms with Crippen molar-refractivity contribution in [2.75, 3.05) is 32.8 Å². The predicted octanol–water partition coefficient (Wildman–Crippen LogP) is 2.38. The van der Waals surface area contributed by atoms with Crippen molar-refractivity contribution in [3.05, 3.63) is 25.3 Å². The van der Waals surface area contributed by atoms with E-state index in [2.05, 4.69) is 36.0 Å². The third-order valence-electron chi connectivity index (χ3n) is 6.64. The number of hydrogen-bond acceptors (Lipinski definition) is 6. The van der Waals surface area contributed by atoms with E-state index in [0.717, 1.165) is 12.8 Å². The lowest BCUT2D eigenvalue weighted by atomic mass is 9.71. The number of carbonyl (C=O) groups is 3. The van der Waals surface area contributed by atoms with Gasteiger partial charge in [-0.05, 0) is 19.3 Å². The predicted molar refractivity (Wildman–Crippen MR) is 128 cm³/mol. The lowest BCUT2D eigenvalue weighted by molar-refractivity contribution is -0.153. The maximum Gasteiger partial charge on any atom is 0.311 e. The van der Waals surface area contributed by atoms with E-state index < -0.39 is 28.6 Å². The largest absolute Gasteiger partial charge is 0.461 e. The lowest BCUT2D eigenvalue weighted by Gasteiger charge is -2.37. The van der Waals surface area contributed by atoms with Crippen LogP contribution in [-0.4, -0.2) is 86.4 Å². The van der Waals surface area contributed by atoms with Gasteiger partial charge in [-0.1, -0.05) is 48.0 Å². The van der Waals surface area contributed by atoms with E-state index in [1.165, 1.54) is 6.08 Å². The molecule has 0 radical (unpaired) electrons. The van der Waals surface area contributed by atoms with E-state index in [4.69, 9.17) is 4.74 Å². The van der Waals surface area contributed by atoms with Gasteiger partial charge in [0.2, 0.25) is 11.8 Å². The molecule has 0 aromatic rings. The van der Waals surface area contributed by atoms with Crippen LogP contribution in [0.4, 0.5) is 0 Å². The molecule has 1 spiro atoms. The normalized spacial score (nSPS) is 32.7. The van der Waals surface area contributed by atoms with Crippen LogP contribution >= 0.6 is 27.7 Å². The van der Waals surface area contributed by atoms with E-state index in [9.17, 15) is 19.5 Å². The van der Waals surface area contributed by atoms with Crippen LogP contribution in [0, 0.1) is 11.8 Å². The van der Waals surface area contributed by atoms with Gasteiger partial charge in [-0.3, -0.25) is 14.4 Å². The summed E-state index contributed by atoms with van der Waals surface area (Å²) in [5, 5.41) is 9.29. The van der Waals surface area contributed by atoms with Gasteiger partial charge in [-0.25, -0.2) is 0 Å². The van der Waals surface area contributed by atoms with Gasteiger partial charge in [0.1, 0.15) is 12.6 Å². The number of hydrogen-bond donors (Lipinski definition) is 1. The molecule has 0 aromatic carbocycles. The Hall–Kier alpha value is -1.32. The van der Waals surface area contributed by atoms with Gasteiger partial charge in [0.25, 0.3) is 0 Å². The van der Waals surface area contributed by atoms with Crippen molar-refractivity contribution in [1.82, 2.24) is 9.80 Å². The zero-order chi connectivity index (χ0) is 23.5. The van der Waals surface area contributed by atoms with Crippen LogP contribution in [0.1, 0.15) is 32.6 Å². The summed E-state index contributed by atoms with van der Waals surface area (Å²) in [7, 11) is 0. The molecule has 3 rings (SSSR count). The summed E-state index contributed by atoms with van der Waals surface area (Å²) in [5.74, 6) is -1.90. The number of amides is 2. The third kappa shape index (κ3) is 4.28. The van der Waals surface area contributed by atoms with E-state index in [-0.39, 0.29) is 41.6 Å². The number of esters is 1. The smallest absolute Gasteiger partial charge is 0.311 e. The highest BCUT2D eigenvalue weighted by Crippen LogP contribution is 2.68. The lowest BCUT2D eigenvalue weighted by Crippen LogP contribution is -2.55. The van der Waals surface area contributed by atoms with Gasteiger partial charge in [0.15, 0.2) is 0 Å². The number of thioether (sulfide) groups is 1. The average molecular weight is 529 g/mol. The first-order valence-electron chi connectivity index (χ1n) is 11.3. The highest BCUT2D eigenvalue weighted by Gasteiger charge is 2.76. The SMILES string of the molecule is C=CCOC(=O)[C@H]1[C@H]2C(=O)N(CCCO)C(C(=O)N(CC=C)CCCC)C23CC(Br)[C@@H]1S3. The second-order valence-corrected chi connectivity index (χ2v) is 11.3. The summed E-state index contributed by atoms with van der Waals surface area (Å²) in [4.78, 5) is 44.0. The van der Waals surface area contributed by atoms with Crippen molar-refractivity contribution in [3.63, 3.8) is 0 Å². The zero-order valence-corrected chi connectivity index (χ0v) is 21.0. The minimum absolute atomic E-state index is 0.00872. The molecule has 0 aliphatic carbocycles. The van der Waals surface area contributed by atoms with Crippen molar-refractivity contribution in [3.8, 4) is 0 Å². The molecule has 2 bridgehead atoms. The second kappa shape index (κ2) is 10.7. The molecule has 3 unspecified atom stereocenters. The average Bonchev–Trinajstić information content (AvgIpc) is 3.36. The first kappa shape index (κ1) is 25.3. The number of likely N-dealkylation sites (tertiary alicyclic amines) is 1. The van der Waals surface area contributed by atoms with E-state index in [0.29, 0.717) is 25.9 Å². The number of alkyl halides is 1. The van der Waals surface area contributed by atoms with Gasteiger partial charge in [0, 0.05) is 36.3 Å². The molecule has 178 valence electrons. The Balaban J connectivity index is 2.00. The van der Waals surface area contributed by atoms with Gasteiger partial charge >= 0.3 is 5.97 Å². The molecule has 0 saturated carbocycles. The number of aliphatic hydroxyl groups is 1. The van der Waals surface area contributed by atoms with Crippen molar-refractivity contribution >= 4 is 45.5 Å². The van der Waals surface area contributed by atoms with Gasteiger partial charge in [0.05, 0.1) is 16.6 Å². The number of rotatable bonds is 12. The summed E-state index contributed by atoms with van der Waals surface area (Å²) in [6, 6.07) is -0.671. The first-order valence-corrected chi connectivity index (χ1v) is 13.1. The van der Waals surface area contributed by atoms with Crippen molar-refractivity contribution in [2.24, 2.45) is 11.8 Å². The highest BCUT2D eigenvalue weighted by atomic mass is 79.9. The Morgan fingerprint density at radius 2 is 2.12 bits per heavy atom. The van der Waals surface area contributed by atoms with Gasteiger partial charge < -0.3 is 19.6 Å².